The zero-order valence-electron chi connectivity index (χ0n) is 19.5. The number of amides is 2. The van der Waals surface area contributed by atoms with E-state index in [4.69, 9.17) is 10.00 Å². The molecule has 2 saturated heterocycles. The van der Waals surface area contributed by atoms with Gasteiger partial charge in [0.25, 0.3) is 11.8 Å². The van der Waals surface area contributed by atoms with E-state index in [1.54, 1.807) is 24.3 Å². The quantitative estimate of drug-likeness (QED) is 0.614. The van der Waals surface area contributed by atoms with Gasteiger partial charge in [-0.05, 0) is 30.7 Å². The fourth-order valence-corrected chi connectivity index (χ4v) is 4.49. The number of likely N-dealkylation sites (tertiary alicyclic amines) is 1. The average Bonchev–Trinajstić information content (AvgIpc) is 3.20. The molecule has 0 saturated carbocycles. The van der Waals surface area contributed by atoms with Crippen molar-refractivity contribution in [1.82, 2.24) is 25.4 Å². The minimum absolute atomic E-state index is 0.104. The van der Waals surface area contributed by atoms with Crippen molar-refractivity contribution in [1.29, 1.82) is 5.26 Å². The van der Waals surface area contributed by atoms with E-state index in [1.165, 1.54) is 12.3 Å². The number of piperazine rings is 1. The van der Waals surface area contributed by atoms with Crippen LogP contribution >= 0.6 is 0 Å². The molecule has 1 aromatic heterocycles. The van der Waals surface area contributed by atoms with Gasteiger partial charge in [0.2, 0.25) is 5.91 Å². The Balaban J connectivity index is 1.47. The van der Waals surface area contributed by atoms with Gasteiger partial charge in [-0.3, -0.25) is 19.5 Å². The number of hydrogen-bond donors (Lipinski definition) is 2. The van der Waals surface area contributed by atoms with Crippen LogP contribution in [-0.2, 0) is 4.79 Å². The molecular weight excluding hydrogens is 458 g/mol. The third kappa shape index (κ3) is 5.66. The summed E-state index contributed by atoms with van der Waals surface area (Å²) in [5.74, 6) is -3.79. The number of fused-ring (bicyclic) bond motifs is 1. The minimum atomic E-state index is -3.11. The van der Waals surface area contributed by atoms with Gasteiger partial charge in [-0.1, -0.05) is 6.92 Å². The normalized spacial score (nSPS) is 20.9. The Labute approximate surface area is 202 Å². The number of carbonyl (C=O) groups is 2. The first-order valence-corrected chi connectivity index (χ1v) is 11.7. The molecule has 0 bridgehead atoms. The van der Waals surface area contributed by atoms with E-state index in [0.717, 1.165) is 37.5 Å². The van der Waals surface area contributed by atoms with Crippen molar-refractivity contribution in [2.24, 2.45) is 0 Å². The Hall–Kier alpha value is -3.36. The van der Waals surface area contributed by atoms with Crippen LogP contribution in [0.1, 0.15) is 30.1 Å². The first kappa shape index (κ1) is 24.8. The molecule has 3 heterocycles. The van der Waals surface area contributed by atoms with Gasteiger partial charge < -0.3 is 20.3 Å². The maximum Gasteiger partial charge on any atom is 0.268 e. The number of nitrogens with zero attached hydrogens (tertiary/aromatic N) is 4. The second-order valence-electron chi connectivity index (χ2n) is 8.71. The van der Waals surface area contributed by atoms with Gasteiger partial charge in [-0.2, -0.15) is 5.26 Å². The molecule has 9 nitrogen and oxygen atoms in total. The van der Waals surface area contributed by atoms with Crippen LogP contribution in [0.3, 0.4) is 0 Å². The molecule has 2 aromatic rings. The molecule has 0 radical (unpaired) electrons. The molecule has 0 spiro atoms. The topological polar surface area (TPSA) is 111 Å². The second kappa shape index (κ2) is 10.5. The van der Waals surface area contributed by atoms with E-state index in [-0.39, 0.29) is 11.8 Å². The number of pyridine rings is 1. The molecule has 2 aliphatic heterocycles. The van der Waals surface area contributed by atoms with Crippen molar-refractivity contribution in [2.75, 3.05) is 39.3 Å². The van der Waals surface area contributed by atoms with Gasteiger partial charge in [0.05, 0.1) is 30.2 Å². The number of rotatable bonds is 7. The molecule has 4 rings (SSSR count). The number of alkyl halides is 2. The van der Waals surface area contributed by atoms with Crippen LogP contribution in [0.25, 0.3) is 10.9 Å². The summed E-state index contributed by atoms with van der Waals surface area (Å²) in [5, 5.41) is 15.5. The van der Waals surface area contributed by atoms with Crippen molar-refractivity contribution in [3.63, 3.8) is 0 Å². The maximum absolute atomic E-state index is 13.6. The van der Waals surface area contributed by atoms with Crippen LogP contribution in [-0.4, -0.2) is 84.1 Å². The summed E-state index contributed by atoms with van der Waals surface area (Å²) in [4.78, 5) is 32.7. The summed E-state index contributed by atoms with van der Waals surface area (Å²) in [6, 6.07) is 7.36. The second-order valence-corrected chi connectivity index (χ2v) is 8.71. The molecule has 2 fully saturated rings. The third-order valence-electron chi connectivity index (χ3n) is 6.28. The number of nitriles is 1. The molecule has 35 heavy (non-hydrogen) atoms. The Morgan fingerprint density at radius 1 is 1.34 bits per heavy atom. The number of ether oxygens (including phenoxy) is 1. The molecule has 2 aliphatic rings. The smallest absolute Gasteiger partial charge is 0.268 e. The van der Waals surface area contributed by atoms with Crippen LogP contribution in [0.5, 0.6) is 5.75 Å². The monoisotopic (exact) mass is 486 g/mol. The summed E-state index contributed by atoms with van der Waals surface area (Å²) in [7, 11) is 0. The van der Waals surface area contributed by atoms with E-state index < -0.39 is 43.3 Å². The highest BCUT2D eigenvalue weighted by Crippen LogP contribution is 2.31. The van der Waals surface area contributed by atoms with E-state index in [9.17, 15) is 18.4 Å². The lowest BCUT2D eigenvalue weighted by molar-refractivity contribution is -0.131. The van der Waals surface area contributed by atoms with Gasteiger partial charge >= 0.3 is 0 Å². The van der Waals surface area contributed by atoms with Gasteiger partial charge in [0.1, 0.15) is 11.8 Å². The Bertz CT molecular complexity index is 1130. The molecule has 2 amide bonds. The van der Waals surface area contributed by atoms with Gasteiger partial charge in [0.15, 0.2) is 6.23 Å². The molecule has 1 aromatic carbocycles. The number of hydrogen-bond acceptors (Lipinski definition) is 7. The first-order valence-electron chi connectivity index (χ1n) is 11.7. The number of benzene rings is 1. The summed E-state index contributed by atoms with van der Waals surface area (Å²) >= 11 is 0. The molecule has 186 valence electrons. The number of nitrogens with one attached hydrogen (secondary N) is 2. The predicted octanol–water partition coefficient (Wildman–Crippen LogP) is 1.74. The fraction of sp³-hybridized carbons (Fsp3) is 0.500. The molecule has 0 aliphatic carbocycles. The standard InChI is InChI=1S/C24H28F2N6O3/c1-2-22(31-9-7-28-8-10-31)35-17-3-4-20-19(11-17)18(5-6-29-20)23(34)30-14-21(33)32-15-24(25,26)12-16(32)13-27/h3-6,11,16,22,28H,2,7-10,12,14-15H2,1H3,(H,30,34)/t16-,22?/m0/s1. The molecular formula is C24H28F2N6O3. The van der Waals surface area contributed by atoms with Gasteiger partial charge in [-0.25, -0.2) is 8.78 Å². The summed E-state index contributed by atoms with van der Waals surface area (Å²) in [6.07, 6.45) is 1.47. The molecule has 1 unspecified atom stereocenters. The number of aromatic nitrogens is 1. The van der Waals surface area contributed by atoms with Crippen molar-refractivity contribution in [3.8, 4) is 11.8 Å². The zero-order valence-corrected chi connectivity index (χ0v) is 19.5. The highest BCUT2D eigenvalue weighted by Gasteiger charge is 2.47. The van der Waals surface area contributed by atoms with Crippen molar-refractivity contribution < 1.29 is 23.1 Å². The summed E-state index contributed by atoms with van der Waals surface area (Å²) in [6.45, 7) is 4.29. The largest absolute Gasteiger partial charge is 0.475 e. The SMILES string of the molecule is CCC(Oc1ccc2nccc(C(=O)NCC(=O)N3CC(F)(F)C[C@H]3C#N)c2c1)N1CCNCC1. The van der Waals surface area contributed by atoms with E-state index in [2.05, 4.69) is 27.4 Å². The van der Waals surface area contributed by atoms with Crippen LogP contribution in [0, 0.1) is 11.3 Å². The van der Waals surface area contributed by atoms with Gasteiger partial charge in [-0.15, -0.1) is 0 Å². The van der Waals surface area contributed by atoms with Crippen LogP contribution in [0.4, 0.5) is 8.78 Å². The lowest BCUT2D eigenvalue weighted by atomic mass is 10.1. The zero-order chi connectivity index (χ0) is 25.0. The Morgan fingerprint density at radius 3 is 2.83 bits per heavy atom. The van der Waals surface area contributed by atoms with Gasteiger partial charge in [0, 0.05) is 44.2 Å². The first-order chi connectivity index (χ1) is 16.8. The lowest BCUT2D eigenvalue weighted by Gasteiger charge is -2.34. The third-order valence-corrected chi connectivity index (χ3v) is 6.28. The van der Waals surface area contributed by atoms with Crippen LogP contribution in [0.15, 0.2) is 30.5 Å². The highest BCUT2D eigenvalue weighted by atomic mass is 19.3. The number of halogens is 2. The van der Waals surface area contributed by atoms with Crippen LogP contribution < -0.4 is 15.4 Å². The molecule has 2 N–H and O–H groups in total. The summed E-state index contributed by atoms with van der Waals surface area (Å²) in [5.41, 5.74) is 0.863. The maximum atomic E-state index is 13.6. The number of carbonyl (C=O) groups excluding carboxylic acids is 2. The van der Waals surface area contributed by atoms with Crippen molar-refractivity contribution in [2.45, 2.75) is 38.0 Å². The molecule has 2 atom stereocenters. The van der Waals surface area contributed by atoms with Crippen LogP contribution in [0.2, 0.25) is 0 Å². The summed E-state index contributed by atoms with van der Waals surface area (Å²) < 4.78 is 33.5. The highest BCUT2D eigenvalue weighted by molar-refractivity contribution is 6.07. The van der Waals surface area contributed by atoms with E-state index in [0.29, 0.717) is 16.7 Å². The predicted molar refractivity (Wildman–Crippen MR) is 124 cm³/mol. The lowest BCUT2D eigenvalue weighted by Crippen LogP contribution is -2.50. The average molecular weight is 487 g/mol. The van der Waals surface area contributed by atoms with E-state index >= 15 is 0 Å². The Morgan fingerprint density at radius 2 is 2.11 bits per heavy atom. The Kier molecular flexibility index (Phi) is 7.42. The molecule has 11 heteroatoms. The van der Waals surface area contributed by atoms with Crippen molar-refractivity contribution >= 4 is 22.7 Å². The minimum Gasteiger partial charge on any atom is -0.475 e. The van der Waals surface area contributed by atoms with E-state index in [1.807, 2.05) is 0 Å². The fourth-order valence-electron chi connectivity index (χ4n) is 4.49. The van der Waals surface area contributed by atoms with Crippen molar-refractivity contribution in [3.05, 3.63) is 36.0 Å².